The van der Waals surface area contributed by atoms with Gasteiger partial charge in [0.15, 0.2) is 6.10 Å². The molecule has 0 spiro atoms. The molecule has 0 aliphatic rings. The topological polar surface area (TPSA) is 46.5 Å². The zero-order chi connectivity index (χ0) is 14.3. The Morgan fingerprint density at radius 2 is 1.89 bits per heavy atom. The third-order valence-corrected chi connectivity index (χ3v) is 3.16. The highest BCUT2D eigenvalue weighted by atomic mass is 16.5. The van der Waals surface area contributed by atoms with E-state index >= 15 is 0 Å². The largest absolute Gasteiger partial charge is 0.479 e. The Balaban J connectivity index is 2.60. The second kappa shape index (κ2) is 7.95. The number of carboxylic acids is 1. The molecule has 0 bridgehead atoms. The van der Waals surface area contributed by atoms with Crippen LogP contribution in [0.5, 0.6) is 0 Å². The molecule has 3 nitrogen and oxygen atoms in total. The summed E-state index contributed by atoms with van der Waals surface area (Å²) in [6.45, 7) is 6.85. The second-order valence-electron chi connectivity index (χ2n) is 5.15. The highest BCUT2D eigenvalue weighted by molar-refractivity contribution is 5.72. The lowest BCUT2D eigenvalue weighted by molar-refractivity contribution is -0.150. The summed E-state index contributed by atoms with van der Waals surface area (Å²) in [6, 6.07) is 8.11. The van der Waals surface area contributed by atoms with E-state index < -0.39 is 12.1 Å². The minimum atomic E-state index is -0.885. The van der Waals surface area contributed by atoms with Crippen molar-refractivity contribution in [2.45, 2.75) is 52.1 Å². The van der Waals surface area contributed by atoms with Gasteiger partial charge in [0.05, 0.1) is 0 Å². The number of unbranched alkanes of at least 4 members (excludes halogenated alkanes) is 1. The van der Waals surface area contributed by atoms with Crippen LogP contribution in [0.25, 0.3) is 0 Å². The van der Waals surface area contributed by atoms with Crippen LogP contribution >= 0.6 is 0 Å². The smallest absolute Gasteiger partial charge is 0.333 e. The standard InChI is InChI=1S/C16H24O3/c1-4-5-10-19-15(16(17)18)11-13-6-8-14(9-7-13)12(2)3/h6-9,12,15H,4-5,10-11H2,1-3H3,(H,17,18). The van der Waals surface area contributed by atoms with Crippen molar-refractivity contribution in [3.8, 4) is 0 Å². The molecule has 1 aromatic carbocycles. The van der Waals surface area contributed by atoms with Crippen molar-refractivity contribution in [2.75, 3.05) is 6.61 Å². The summed E-state index contributed by atoms with van der Waals surface area (Å²) in [5.74, 6) is -0.394. The molecular formula is C16H24O3. The number of hydrogen-bond donors (Lipinski definition) is 1. The van der Waals surface area contributed by atoms with Gasteiger partial charge >= 0.3 is 5.97 Å². The minimum absolute atomic E-state index is 0.428. The Morgan fingerprint density at radius 1 is 1.26 bits per heavy atom. The first kappa shape index (κ1) is 15.7. The van der Waals surface area contributed by atoms with Gasteiger partial charge in [0, 0.05) is 13.0 Å². The predicted octanol–water partition coefficient (Wildman–Crippen LogP) is 3.62. The highest BCUT2D eigenvalue weighted by Crippen LogP contribution is 2.16. The Labute approximate surface area is 115 Å². The van der Waals surface area contributed by atoms with Crippen LogP contribution in [0.2, 0.25) is 0 Å². The van der Waals surface area contributed by atoms with Crippen LogP contribution in [-0.4, -0.2) is 23.8 Å². The lowest BCUT2D eigenvalue weighted by Crippen LogP contribution is -2.26. The third kappa shape index (κ3) is 5.43. The molecule has 0 saturated heterocycles. The van der Waals surface area contributed by atoms with Gasteiger partial charge in [-0.05, 0) is 23.5 Å². The van der Waals surface area contributed by atoms with Gasteiger partial charge in [-0.15, -0.1) is 0 Å². The molecule has 1 aromatic rings. The molecule has 0 saturated carbocycles. The van der Waals surface area contributed by atoms with Crippen molar-refractivity contribution in [2.24, 2.45) is 0 Å². The second-order valence-corrected chi connectivity index (χ2v) is 5.15. The number of rotatable bonds is 8. The van der Waals surface area contributed by atoms with E-state index in [4.69, 9.17) is 9.84 Å². The number of aliphatic carboxylic acids is 1. The zero-order valence-electron chi connectivity index (χ0n) is 12.1. The van der Waals surface area contributed by atoms with Gasteiger partial charge in [-0.1, -0.05) is 51.5 Å². The van der Waals surface area contributed by atoms with Crippen LogP contribution in [0, 0.1) is 0 Å². The molecule has 0 aliphatic heterocycles. The third-order valence-electron chi connectivity index (χ3n) is 3.16. The Kier molecular flexibility index (Phi) is 6.57. The van der Waals surface area contributed by atoms with Gasteiger partial charge in [-0.3, -0.25) is 0 Å². The molecule has 3 heteroatoms. The summed E-state index contributed by atoms with van der Waals surface area (Å²) in [7, 11) is 0. The van der Waals surface area contributed by atoms with Crippen molar-refractivity contribution < 1.29 is 14.6 Å². The van der Waals surface area contributed by atoms with E-state index in [-0.39, 0.29) is 0 Å². The Hall–Kier alpha value is -1.35. The maximum absolute atomic E-state index is 11.1. The Morgan fingerprint density at radius 3 is 2.37 bits per heavy atom. The zero-order valence-corrected chi connectivity index (χ0v) is 12.1. The van der Waals surface area contributed by atoms with Crippen LogP contribution in [-0.2, 0) is 16.0 Å². The summed E-state index contributed by atoms with van der Waals surface area (Å²) in [5, 5.41) is 9.15. The molecule has 0 aromatic heterocycles. The molecule has 19 heavy (non-hydrogen) atoms. The SMILES string of the molecule is CCCCOC(Cc1ccc(C(C)C)cc1)C(=O)O. The van der Waals surface area contributed by atoms with E-state index in [1.807, 2.05) is 12.1 Å². The molecule has 1 atom stereocenters. The van der Waals surface area contributed by atoms with Gasteiger partial charge in [-0.2, -0.15) is 0 Å². The van der Waals surface area contributed by atoms with E-state index in [2.05, 4.69) is 32.9 Å². The molecule has 0 aliphatic carbocycles. The van der Waals surface area contributed by atoms with E-state index in [9.17, 15) is 4.79 Å². The molecule has 1 rings (SSSR count). The number of ether oxygens (including phenoxy) is 1. The van der Waals surface area contributed by atoms with Gasteiger partial charge in [0.25, 0.3) is 0 Å². The maximum Gasteiger partial charge on any atom is 0.333 e. The van der Waals surface area contributed by atoms with Crippen molar-refractivity contribution in [3.63, 3.8) is 0 Å². The van der Waals surface area contributed by atoms with Crippen molar-refractivity contribution in [3.05, 3.63) is 35.4 Å². The first-order chi connectivity index (χ1) is 9.04. The predicted molar refractivity (Wildman–Crippen MR) is 76.5 cm³/mol. The van der Waals surface area contributed by atoms with Crippen LogP contribution < -0.4 is 0 Å². The fourth-order valence-electron chi connectivity index (χ4n) is 1.84. The molecule has 0 fully saturated rings. The molecule has 106 valence electrons. The minimum Gasteiger partial charge on any atom is -0.479 e. The van der Waals surface area contributed by atoms with Crippen LogP contribution in [0.4, 0.5) is 0 Å². The summed E-state index contributed by atoms with van der Waals surface area (Å²) in [6.07, 6.45) is 1.60. The number of benzene rings is 1. The lowest BCUT2D eigenvalue weighted by atomic mass is 10.00. The summed E-state index contributed by atoms with van der Waals surface area (Å²) >= 11 is 0. The highest BCUT2D eigenvalue weighted by Gasteiger charge is 2.18. The molecular weight excluding hydrogens is 240 g/mol. The lowest BCUT2D eigenvalue weighted by Gasteiger charge is -2.14. The van der Waals surface area contributed by atoms with Crippen molar-refractivity contribution in [1.82, 2.24) is 0 Å². The summed E-state index contributed by atoms with van der Waals surface area (Å²) in [4.78, 5) is 11.1. The van der Waals surface area contributed by atoms with Gasteiger partial charge < -0.3 is 9.84 Å². The van der Waals surface area contributed by atoms with Gasteiger partial charge in [0.2, 0.25) is 0 Å². The molecule has 0 radical (unpaired) electrons. The molecule has 0 heterocycles. The van der Waals surface area contributed by atoms with Gasteiger partial charge in [-0.25, -0.2) is 4.79 Å². The average molecular weight is 264 g/mol. The quantitative estimate of drug-likeness (QED) is 0.729. The Bertz CT molecular complexity index is 381. The van der Waals surface area contributed by atoms with E-state index in [0.29, 0.717) is 18.9 Å². The number of hydrogen-bond acceptors (Lipinski definition) is 2. The monoisotopic (exact) mass is 264 g/mol. The fourth-order valence-corrected chi connectivity index (χ4v) is 1.84. The van der Waals surface area contributed by atoms with Crippen LogP contribution in [0.15, 0.2) is 24.3 Å². The van der Waals surface area contributed by atoms with Crippen molar-refractivity contribution in [1.29, 1.82) is 0 Å². The molecule has 1 N–H and O–H groups in total. The average Bonchev–Trinajstić information content (AvgIpc) is 2.38. The fraction of sp³-hybridized carbons (Fsp3) is 0.562. The maximum atomic E-state index is 11.1. The van der Waals surface area contributed by atoms with Crippen LogP contribution in [0.3, 0.4) is 0 Å². The first-order valence-electron chi connectivity index (χ1n) is 6.97. The first-order valence-corrected chi connectivity index (χ1v) is 6.97. The van der Waals surface area contributed by atoms with Crippen LogP contribution in [0.1, 0.15) is 50.7 Å². The summed E-state index contributed by atoms with van der Waals surface area (Å²) < 4.78 is 5.43. The van der Waals surface area contributed by atoms with E-state index in [0.717, 1.165) is 18.4 Å². The molecule has 0 amide bonds. The van der Waals surface area contributed by atoms with Gasteiger partial charge in [0.1, 0.15) is 0 Å². The summed E-state index contributed by atoms with van der Waals surface area (Å²) in [5.41, 5.74) is 2.27. The number of carbonyl (C=O) groups is 1. The number of carboxylic acid groups (broad SMARTS) is 1. The molecule has 1 unspecified atom stereocenters. The normalized spacial score (nSPS) is 12.6. The van der Waals surface area contributed by atoms with E-state index in [1.54, 1.807) is 0 Å². The van der Waals surface area contributed by atoms with Crippen molar-refractivity contribution >= 4 is 5.97 Å². The van der Waals surface area contributed by atoms with E-state index in [1.165, 1.54) is 5.56 Å².